The molecule has 0 aromatic heterocycles. The minimum absolute atomic E-state index is 0.0384. The van der Waals surface area contributed by atoms with Crippen LogP contribution in [0.15, 0.2) is 30.3 Å². The molecular formula is C69H135N17O19S6. The maximum Gasteiger partial charge on any atom is 0.235 e. The fourth-order valence-corrected chi connectivity index (χ4v) is 21.2. The quantitative estimate of drug-likeness (QED) is 0.0208. The summed E-state index contributed by atoms with van der Waals surface area (Å²) in [5.41, 5.74) is 17.3. The highest BCUT2D eigenvalue weighted by Crippen LogP contribution is 2.21. The molecule has 0 bridgehead atoms. The number of rotatable bonds is 59. The van der Waals surface area contributed by atoms with Crippen molar-refractivity contribution in [1.29, 1.82) is 5.41 Å². The van der Waals surface area contributed by atoms with Crippen LogP contribution in [0.2, 0.25) is 0 Å². The summed E-state index contributed by atoms with van der Waals surface area (Å²) in [5, 5.41) is 37.5. The number of benzene rings is 1. The molecule has 0 aliphatic rings. The zero-order chi connectivity index (χ0) is 85.3. The standard InChI is InChI=1S/C69H135N17O19S6/c1-18-54(14)61(36-81(106(17,94)95)39-64(89)77-60(31-50(6)7)35-85(109(100,101)45-52(10)11)41-66(91)78-58(29-48(2)3)33-82(38-63(71)88)111(104,105)47-56-23-20-19-21-24-56)80-68(93)43-84(108(98,99)44-51(8)9)32-57(25-22-27-75-69(72)73)76-65(90)40-83(107(96,97)28-26-70)34-59(30-49(4)5)79-67(92)42-86(37-62(74-16)55(15)87)110(102,103)46-53(12)13/h19-21,23-24,48-55,57-62,74,87H,18,22,25-47,70H2,1-17H3,(H2,71,88)(H,76,90)(H,77,89)(H,78,91)(H,79,92)(H,80,93)(H4,72,73,75)/t54?,55?,57-,58-,59-,60-,61+,62+/m0/s1. The van der Waals surface area contributed by atoms with E-state index >= 15 is 0 Å². The number of carbonyl (C=O) groups excluding carboxylic acids is 6. The second-order valence-corrected chi connectivity index (χ2v) is 43.6. The van der Waals surface area contributed by atoms with E-state index < -0.39 is 263 Å². The van der Waals surface area contributed by atoms with Gasteiger partial charge in [-0.3, -0.25) is 34.2 Å². The zero-order valence-electron chi connectivity index (χ0n) is 68.3. The van der Waals surface area contributed by atoms with Gasteiger partial charge in [0.2, 0.25) is 95.6 Å². The Bertz CT molecular complexity index is 3790. The lowest BCUT2D eigenvalue weighted by molar-refractivity contribution is -0.124. The normalized spacial score (nSPS) is 15.2. The molecule has 36 nitrogen and oxygen atoms in total. The van der Waals surface area contributed by atoms with E-state index in [-0.39, 0.29) is 74.6 Å². The third-order valence-electron chi connectivity index (χ3n) is 17.5. The van der Waals surface area contributed by atoms with Crippen LogP contribution in [0.4, 0.5) is 0 Å². The van der Waals surface area contributed by atoms with Crippen LogP contribution in [0.3, 0.4) is 0 Å². The lowest BCUT2D eigenvalue weighted by atomic mass is 9.99. The van der Waals surface area contributed by atoms with Crippen molar-refractivity contribution in [3.05, 3.63) is 35.9 Å². The van der Waals surface area contributed by atoms with Gasteiger partial charge in [0.1, 0.15) is 0 Å². The van der Waals surface area contributed by atoms with Crippen molar-refractivity contribution in [2.45, 2.75) is 190 Å². The Kier molecular flexibility index (Phi) is 45.7. The van der Waals surface area contributed by atoms with Crippen LogP contribution in [0.5, 0.6) is 0 Å². The van der Waals surface area contributed by atoms with Crippen LogP contribution in [0.25, 0.3) is 0 Å². The molecule has 8 atom stereocenters. The van der Waals surface area contributed by atoms with E-state index in [1.807, 2.05) is 13.8 Å². The van der Waals surface area contributed by atoms with Gasteiger partial charge in [-0.1, -0.05) is 134 Å². The monoisotopic (exact) mass is 1700 g/mol. The number of guanidine groups is 1. The molecule has 0 aliphatic heterocycles. The topological polar surface area (TPSA) is 533 Å². The number of nitrogens with zero attached hydrogens (tertiary/aromatic N) is 6. The van der Waals surface area contributed by atoms with E-state index in [4.69, 9.17) is 22.6 Å². The minimum Gasteiger partial charge on any atom is -0.392 e. The van der Waals surface area contributed by atoms with Crippen LogP contribution in [-0.4, -0.2) is 293 Å². The maximum absolute atomic E-state index is 14.6. The van der Waals surface area contributed by atoms with Gasteiger partial charge in [0.05, 0.1) is 80.4 Å². The first-order valence-corrected chi connectivity index (χ1v) is 47.7. The summed E-state index contributed by atoms with van der Waals surface area (Å²) in [6, 6.07) is 2.05. The van der Waals surface area contributed by atoms with E-state index in [1.165, 1.54) is 14.0 Å². The number of primary amides is 1. The number of amides is 6. The number of aliphatic hydroxyl groups excluding tert-OH is 1. The van der Waals surface area contributed by atoms with E-state index in [9.17, 15) is 84.4 Å². The second kappa shape index (κ2) is 48.9. The number of sulfonamides is 6. The number of carbonyl (C=O) groups is 6. The molecule has 15 N–H and O–H groups in total. The predicted molar refractivity (Wildman–Crippen MR) is 432 cm³/mol. The maximum atomic E-state index is 14.6. The molecular weight excluding hydrogens is 1560 g/mol. The van der Waals surface area contributed by atoms with Crippen LogP contribution < -0.4 is 54.4 Å². The Morgan fingerprint density at radius 3 is 1.14 bits per heavy atom. The second-order valence-electron chi connectivity index (χ2n) is 31.5. The summed E-state index contributed by atoms with van der Waals surface area (Å²) in [7, 11) is -24.4. The molecule has 0 spiro atoms. The smallest absolute Gasteiger partial charge is 0.235 e. The van der Waals surface area contributed by atoms with Crippen molar-refractivity contribution in [2.24, 2.45) is 58.6 Å². The Morgan fingerprint density at radius 1 is 0.459 bits per heavy atom. The molecule has 1 aromatic rings. The first-order chi connectivity index (χ1) is 51.1. The van der Waals surface area contributed by atoms with Gasteiger partial charge in [0.15, 0.2) is 5.96 Å². The van der Waals surface area contributed by atoms with Crippen molar-refractivity contribution >= 4 is 102 Å². The zero-order valence-corrected chi connectivity index (χ0v) is 73.2. The summed E-state index contributed by atoms with van der Waals surface area (Å²) in [4.78, 5) is 84.0. The van der Waals surface area contributed by atoms with Gasteiger partial charge in [-0.25, -0.2) is 50.5 Å². The van der Waals surface area contributed by atoms with Gasteiger partial charge in [0.25, 0.3) is 0 Å². The Hall–Kier alpha value is -5.35. The van der Waals surface area contributed by atoms with Gasteiger partial charge < -0.3 is 59.5 Å². The van der Waals surface area contributed by atoms with Gasteiger partial charge in [-0.15, -0.1) is 0 Å². The molecule has 0 aliphatic carbocycles. The predicted octanol–water partition coefficient (Wildman–Crippen LogP) is -1.14. The molecule has 0 fully saturated rings. The largest absolute Gasteiger partial charge is 0.392 e. The molecule has 1 aromatic carbocycles. The lowest BCUT2D eigenvalue weighted by Gasteiger charge is -2.33. The molecule has 6 amide bonds. The molecule has 42 heteroatoms. The number of likely N-dealkylation sites (N-methyl/N-ethyl adjacent to an activating group) is 1. The van der Waals surface area contributed by atoms with E-state index in [2.05, 4.69) is 37.2 Å². The van der Waals surface area contributed by atoms with Crippen molar-refractivity contribution in [1.82, 2.24) is 63.0 Å². The molecule has 646 valence electrons. The molecule has 111 heavy (non-hydrogen) atoms. The van der Waals surface area contributed by atoms with Crippen LogP contribution in [-0.2, 0) is 94.7 Å². The van der Waals surface area contributed by atoms with Gasteiger partial charge >= 0.3 is 0 Å². The van der Waals surface area contributed by atoms with Gasteiger partial charge in [-0.2, -0.15) is 25.8 Å². The van der Waals surface area contributed by atoms with Crippen LogP contribution >= 0.6 is 0 Å². The first-order valence-electron chi connectivity index (χ1n) is 37.8. The summed E-state index contributed by atoms with van der Waals surface area (Å²) in [5.74, 6) is -10.7. The Balaban J connectivity index is 3.85. The third kappa shape index (κ3) is 42.2. The number of nitrogens with one attached hydrogen (secondary N) is 8. The number of hydrogen-bond acceptors (Lipinski definition) is 22. The van der Waals surface area contributed by atoms with Crippen LogP contribution in [0, 0.1) is 46.8 Å². The van der Waals surface area contributed by atoms with Crippen LogP contribution in [0.1, 0.15) is 148 Å². The number of hydrogen-bond donors (Lipinski definition) is 12. The highest BCUT2D eigenvalue weighted by atomic mass is 32.2. The molecule has 0 saturated carbocycles. The SMILES string of the molecule is CCC(C)[C@@H](CN(CC(=O)N[C@@H](CC(C)C)CN(CC(=O)N[C@@H](CC(C)C)CN(CC(N)=O)S(=O)(=O)Cc1ccccc1)S(=O)(=O)CC(C)C)S(C)(=O)=O)NC(=O)CN(C[C@H](CCCNC(=N)N)NC(=O)CN(C[C@H](CC(C)C)NC(=O)CN(C[C@@H](NC)C(C)O)S(=O)(=O)CC(C)C)S(=O)(=O)CCN)S(=O)(=O)CC(C)C. The van der Waals surface area contributed by atoms with Gasteiger partial charge in [0, 0.05) is 88.6 Å². The summed E-state index contributed by atoms with van der Waals surface area (Å²) in [6.45, 7) is 17.5. The summed E-state index contributed by atoms with van der Waals surface area (Å²) >= 11 is 0. The lowest BCUT2D eigenvalue weighted by Crippen LogP contribution is -2.56. The highest BCUT2D eigenvalue weighted by Gasteiger charge is 2.38. The van der Waals surface area contributed by atoms with E-state index in [0.717, 1.165) is 32.1 Å². The van der Waals surface area contributed by atoms with Crippen molar-refractivity contribution in [3.63, 3.8) is 0 Å². The minimum atomic E-state index is -4.45. The molecule has 2 unspecified atom stereocenters. The van der Waals surface area contributed by atoms with Crippen molar-refractivity contribution in [2.75, 3.05) is 128 Å². The van der Waals surface area contributed by atoms with E-state index in [1.54, 1.807) is 113 Å². The molecule has 1 rings (SSSR count). The number of aliphatic hydroxyl groups is 1. The fourth-order valence-electron chi connectivity index (χ4n) is 12.3. The average Bonchev–Trinajstić information content (AvgIpc) is 0.839. The van der Waals surface area contributed by atoms with E-state index in [0.29, 0.717) is 12.0 Å². The number of nitrogens with two attached hydrogens (primary N) is 3. The van der Waals surface area contributed by atoms with Crippen molar-refractivity contribution < 1.29 is 84.4 Å². The third-order valence-corrected chi connectivity index (χ3v) is 28.7. The summed E-state index contributed by atoms with van der Waals surface area (Å²) < 4.78 is 174. The van der Waals surface area contributed by atoms with Gasteiger partial charge in [-0.05, 0) is 93.1 Å². The Morgan fingerprint density at radius 2 is 0.802 bits per heavy atom. The highest BCUT2D eigenvalue weighted by molar-refractivity contribution is 7.90. The van der Waals surface area contributed by atoms with Crippen molar-refractivity contribution in [3.8, 4) is 0 Å². The molecule has 0 radical (unpaired) electrons. The first kappa shape index (κ1) is 104. The molecule has 0 heterocycles. The molecule has 0 saturated heterocycles. The Labute approximate surface area is 663 Å². The fraction of sp³-hybridized carbons (Fsp3) is 0.812. The average molecular weight is 1700 g/mol. The summed E-state index contributed by atoms with van der Waals surface area (Å²) in [6.07, 6.45) is 0.580.